The zero-order chi connectivity index (χ0) is 11.5. The molecule has 0 aliphatic carbocycles. The summed E-state index contributed by atoms with van der Waals surface area (Å²) in [7, 11) is 0. The molecule has 2 rings (SSSR count). The Hall–Kier alpha value is -1.58. The summed E-state index contributed by atoms with van der Waals surface area (Å²) in [5.41, 5.74) is 0.902. The number of benzene rings is 1. The lowest BCUT2D eigenvalue weighted by Gasteiger charge is -2.17. The third kappa shape index (κ3) is 2.51. The molecule has 0 radical (unpaired) electrons. The van der Waals surface area contributed by atoms with Gasteiger partial charge in [0, 0.05) is 31.8 Å². The summed E-state index contributed by atoms with van der Waals surface area (Å²) in [5.74, 6) is 0.161. The molecule has 16 heavy (non-hydrogen) atoms. The van der Waals surface area contributed by atoms with E-state index in [-0.39, 0.29) is 5.97 Å². The molecule has 0 spiro atoms. The fourth-order valence-corrected chi connectivity index (χ4v) is 1.86. The second-order valence-electron chi connectivity index (χ2n) is 3.92. The topological polar surface area (TPSA) is 29.5 Å². The average Bonchev–Trinajstić information content (AvgIpc) is 2.64. The van der Waals surface area contributed by atoms with Gasteiger partial charge in [0.2, 0.25) is 0 Å². The number of hydrogen-bond acceptors (Lipinski definition) is 3. The number of carbonyl (C=O) groups excluding carboxylic acids is 1. The van der Waals surface area contributed by atoms with Crippen LogP contribution in [-0.4, -0.2) is 25.2 Å². The second-order valence-corrected chi connectivity index (χ2v) is 3.92. The first kappa shape index (κ1) is 10.9. The number of esters is 1. The van der Waals surface area contributed by atoms with Gasteiger partial charge in [-0.2, -0.15) is 0 Å². The second kappa shape index (κ2) is 4.51. The van der Waals surface area contributed by atoms with E-state index in [4.69, 9.17) is 4.74 Å². The maximum Gasteiger partial charge on any atom is 0.308 e. The summed E-state index contributed by atoms with van der Waals surface area (Å²) in [6.07, 6.45) is -0.185. The number of alkyl halides is 1. The third-order valence-electron chi connectivity index (χ3n) is 2.58. The molecule has 1 heterocycles. The average molecular weight is 223 g/mol. The molecule has 3 nitrogen and oxygen atoms in total. The van der Waals surface area contributed by atoms with E-state index in [2.05, 4.69) is 0 Å². The lowest BCUT2D eigenvalue weighted by molar-refractivity contribution is -0.131. The van der Waals surface area contributed by atoms with Crippen molar-refractivity contribution in [1.82, 2.24) is 0 Å². The van der Waals surface area contributed by atoms with E-state index < -0.39 is 6.17 Å². The number of anilines is 1. The molecule has 0 amide bonds. The number of rotatable bonds is 2. The molecule has 0 aromatic heterocycles. The SMILES string of the molecule is CC(=O)Oc1cccc(N2CC[C@H](F)C2)c1. The van der Waals surface area contributed by atoms with Crippen LogP contribution >= 0.6 is 0 Å². The Balaban J connectivity index is 2.12. The van der Waals surface area contributed by atoms with Crippen molar-refractivity contribution in [1.29, 1.82) is 0 Å². The maximum atomic E-state index is 13.0. The molecule has 1 saturated heterocycles. The normalized spacial score (nSPS) is 19.9. The Morgan fingerprint density at radius 3 is 3.00 bits per heavy atom. The summed E-state index contributed by atoms with van der Waals surface area (Å²) >= 11 is 0. The van der Waals surface area contributed by atoms with Gasteiger partial charge in [-0.1, -0.05) is 6.07 Å². The molecule has 0 unspecified atom stereocenters. The molecule has 1 aliphatic rings. The lowest BCUT2D eigenvalue weighted by Crippen LogP contribution is -2.19. The minimum Gasteiger partial charge on any atom is -0.427 e. The van der Waals surface area contributed by atoms with Gasteiger partial charge in [0.15, 0.2) is 0 Å². The zero-order valence-corrected chi connectivity index (χ0v) is 9.15. The first-order valence-electron chi connectivity index (χ1n) is 5.32. The van der Waals surface area contributed by atoms with Crippen molar-refractivity contribution >= 4 is 11.7 Å². The number of halogens is 1. The predicted octanol–water partition coefficient (Wildman–Crippen LogP) is 2.16. The third-order valence-corrected chi connectivity index (χ3v) is 2.58. The highest BCUT2D eigenvalue weighted by Gasteiger charge is 2.22. The van der Waals surface area contributed by atoms with Crippen LogP contribution in [0.2, 0.25) is 0 Å². The Morgan fingerprint density at radius 2 is 2.38 bits per heavy atom. The van der Waals surface area contributed by atoms with E-state index in [9.17, 15) is 9.18 Å². The first-order valence-corrected chi connectivity index (χ1v) is 5.32. The van der Waals surface area contributed by atoms with Crippen LogP contribution in [0, 0.1) is 0 Å². The van der Waals surface area contributed by atoms with Crippen molar-refractivity contribution in [3.8, 4) is 5.75 Å². The number of nitrogens with zero attached hydrogens (tertiary/aromatic N) is 1. The first-order chi connectivity index (χ1) is 7.65. The molecule has 1 fully saturated rings. The number of carbonyl (C=O) groups is 1. The van der Waals surface area contributed by atoms with Crippen molar-refractivity contribution in [2.45, 2.75) is 19.5 Å². The largest absolute Gasteiger partial charge is 0.427 e. The van der Waals surface area contributed by atoms with Crippen LogP contribution in [-0.2, 0) is 4.79 Å². The van der Waals surface area contributed by atoms with Gasteiger partial charge in [0.25, 0.3) is 0 Å². The van der Waals surface area contributed by atoms with Crippen molar-refractivity contribution in [2.75, 3.05) is 18.0 Å². The highest BCUT2D eigenvalue weighted by molar-refractivity contribution is 5.70. The molecule has 1 atom stereocenters. The smallest absolute Gasteiger partial charge is 0.308 e. The highest BCUT2D eigenvalue weighted by Crippen LogP contribution is 2.25. The van der Waals surface area contributed by atoms with E-state index in [1.807, 2.05) is 11.0 Å². The van der Waals surface area contributed by atoms with E-state index in [1.54, 1.807) is 18.2 Å². The summed E-state index contributed by atoms with van der Waals surface area (Å²) in [4.78, 5) is 12.8. The molecule has 1 aromatic carbocycles. The summed E-state index contributed by atoms with van der Waals surface area (Å²) in [6, 6.07) is 7.18. The molecule has 0 bridgehead atoms. The van der Waals surface area contributed by atoms with E-state index in [0.717, 1.165) is 5.69 Å². The summed E-state index contributed by atoms with van der Waals surface area (Å²) in [5, 5.41) is 0. The molecule has 0 N–H and O–H groups in total. The summed E-state index contributed by atoms with van der Waals surface area (Å²) in [6.45, 7) is 2.49. The number of hydrogen-bond donors (Lipinski definition) is 0. The van der Waals surface area contributed by atoms with Crippen LogP contribution in [0.1, 0.15) is 13.3 Å². The molecule has 1 aromatic rings. The van der Waals surface area contributed by atoms with Gasteiger partial charge >= 0.3 is 5.97 Å². The minimum atomic E-state index is -0.752. The fraction of sp³-hybridized carbons (Fsp3) is 0.417. The quantitative estimate of drug-likeness (QED) is 0.568. The van der Waals surface area contributed by atoms with Crippen molar-refractivity contribution in [3.63, 3.8) is 0 Å². The van der Waals surface area contributed by atoms with E-state index >= 15 is 0 Å². The summed E-state index contributed by atoms with van der Waals surface area (Å²) < 4.78 is 18.0. The van der Waals surface area contributed by atoms with Gasteiger partial charge in [-0.15, -0.1) is 0 Å². The monoisotopic (exact) mass is 223 g/mol. The fourth-order valence-electron chi connectivity index (χ4n) is 1.86. The maximum absolute atomic E-state index is 13.0. The van der Waals surface area contributed by atoms with Gasteiger partial charge in [-0.05, 0) is 18.6 Å². The molecular weight excluding hydrogens is 209 g/mol. The molecule has 0 saturated carbocycles. The van der Waals surface area contributed by atoms with Crippen LogP contribution < -0.4 is 9.64 Å². The Kier molecular flexibility index (Phi) is 3.08. The van der Waals surface area contributed by atoms with Gasteiger partial charge in [0.05, 0.1) is 0 Å². The van der Waals surface area contributed by atoms with Crippen LogP contribution in [0.3, 0.4) is 0 Å². The predicted molar refractivity (Wildman–Crippen MR) is 59.5 cm³/mol. The van der Waals surface area contributed by atoms with Gasteiger partial charge in [0.1, 0.15) is 11.9 Å². The van der Waals surface area contributed by atoms with Crippen LogP contribution in [0.25, 0.3) is 0 Å². The van der Waals surface area contributed by atoms with E-state index in [0.29, 0.717) is 25.3 Å². The molecular formula is C12H14FNO2. The van der Waals surface area contributed by atoms with Crippen LogP contribution in [0.15, 0.2) is 24.3 Å². The van der Waals surface area contributed by atoms with Crippen LogP contribution in [0.5, 0.6) is 5.75 Å². The standard InChI is InChI=1S/C12H14FNO2/c1-9(15)16-12-4-2-3-11(7-12)14-6-5-10(13)8-14/h2-4,7,10H,5-6,8H2,1H3/t10-/m0/s1. The van der Waals surface area contributed by atoms with Gasteiger partial charge < -0.3 is 9.64 Å². The van der Waals surface area contributed by atoms with Crippen LogP contribution in [0.4, 0.5) is 10.1 Å². The Labute approximate surface area is 93.8 Å². The zero-order valence-electron chi connectivity index (χ0n) is 9.15. The Bertz CT molecular complexity index is 394. The van der Waals surface area contributed by atoms with Gasteiger partial charge in [-0.25, -0.2) is 4.39 Å². The minimum absolute atomic E-state index is 0.345. The highest BCUT2D eigenvalue weighted by atomic mass is 19.1. The van der Waals surface area contributed by atoms with Gasteiger partial charge in [-0.3, -0.25) is 4.79 Å². The molecule has 1 aliphatic heterocycles. The molecule has 4 heteroatoms. The molecule has 86 valence electrons. The number of ether oxygens (including phenoxy) is 1. The van der Waals surface area contributed by atoms with Crippen molar-refractivity contribution < 1.29 is 13.9 Å². The Morgan fingerprint density at radius 1 is 1.56 bits per heavy atom. The van der Waals surface area contributed by atoms with E-state index in [1.165, 1.54) is 6.92 Å². The lowest BCUT2D eigenvalue weighted by atomic mass is 10.3. The van der Waals surface area contributed by atoms with Crippen molar-refractivity contribution in [2.24, 2.45) is 0 Å². The van der Waals surface area contributed by atoms with Crippen molar-refractivity contribution in [3.05, 3.63) is 24.3 Å².